The highest BCUT2D eigenvalue weighted by Gasteiger charge is 2.07. The number of aromatic carboxylic acids is 1. The summed E-state index contributed by atoms with van der Waals surface area (Å²) in [5, 5.41) is 21.1. The Morgan fingerprint density at radius 3 is 2.90 bits per heavy atom. The number of anilines is 1. The molecule has 106 valence electrons. The van der Waals surface area contributed by atoms with E-state index in [9.17, 15) is 4.79 Å². The van der Waals surface area contributed by atoms with Crippen molar-refractivity contribution in [3.05, 3.63) is 53.3 Å². The molecule has 0 aliphatic heterocycles. The number of methoxy groups -OCH3 is 1. The minimum atomic E-state index is -1.00. The highest BCUT2D eigenvalue weighted by atomic mass is 16.5. The van der Waals surface area contributed by atoms with E-state index >= 15 is 0 Å². The van der Waals surface area contributed by atoms with E-state index in [1.807, 2.05) is 0 Å². The van der Waals surface area contributed by atoms with E-state index in [0.29, 0.717) is 29.2 Å². The topological polar surface area (TPSA) is 95.2 Å². The Balaban J connectivity index is 2.18. The number of hydrogen-bond donors (Lipinski definition) is 2. The van der Waals surface area contributed by atoms with Crippen LogP contribution in [0.1, 0.15) is 21.6 Å². The number of nitriles is 1. The molecule has 2 rings (SSSR count). The molecule has 6 nitrogen and oxygen atoms in total. The fraction of sp³-hybridized carbons (Fsp3) is 0.133. The first-order chi connectivity index (χ1) is 10.1. The summed E-state index contributed by atoms with van der Waals surface area (Å²) in [6.45, 7) is 0.308. The van der Waals surface area contributed by atoms with Crippen LogP contribution in [0.3, 0.4) is 0 Å². The predicted molar refractivity (Wildman–Crippen MR) is 76.2 cm³/mol. The summed E-state index contributed by atoms with van der Waals surface area (Å²) in [5.41, 5.74) is 1.83. The van der Waals surface area contributed by atoms with Crippen molar-refractivity contribution in [3.8, 4) is 11.8 Å². The lowest BCUT2D eigenvalue weighted by atomic mass is 10.1. The molecule has 0 saturated carbocycles. The summed E-state index contributed by atoms with van der Waals surface area (Å²) >= 11 is 0. The van der Waals surface area contributed by atoms with Crippen LogP contribution in [0.2, 0.25) is 0 Å². The van der Waals surface area contributed by atoms with Crippen molar-refractivity contribution in [3.63, 3.8) is 0 Å². The highest BCUT2D eigenvalue weighted by molar-refractivity contribution is 5.87. The van der Waals surface area contributed by atoms with Gasteiger partial charge in [0.2, 0.25) is 0 Å². The lowest BCUT2D eigenvalue weighted by Gasteiger charge is -2.10. The lowest BCUT2D eigenvalue weighted by Crippen LogP contribution is -2.05. The SMILES string of the molecule is COc1ccc(C#N)c(NCc2cc(C(=O)O)ccn2)c1. The second-order valence-corrected chi connectivity index (χ2v) is 4.22. The number of ether oxygens (including phenoxy) is 1. The third kappa shape index (κ3) is 3.48. The zero-order chi connectivity index (χ0) is 15.2. The highest BCUT2D eigenvalue weighted by Crippen LogP contribution is 2.22. The number of nitrogens with zero attached hydrogens (tertiary/aromatic N) is 2. The maximum absolute atomic E-state index is 10.9. The van der Waals surface area contributed by atoms with Crippen LogP contribution < -0.4 is 10.1 Å². The van der Waals surface area contributed by atoms with Crippen LogP contribution >= 0.6 is 0 Å². The molecule has 1 aromatic carbocycles. The first-order valence-electron chi connectivity index (χ1n) is 6.14. The molecule has 0 saturated heterocycles. The first-order valence-corrected chi connectivity index (χ1v) is 6.14. The number of aromatic nitrogens is 1. The van der Waals surface area contributed by atoms with Crippen molar-refractivity contribution < 1.29 is 14.6 Å². The number of carbonyl (C=O) groups is 1. The fourth-order valence-electron chi connectivity index (χ4n) is 1.79. The van der Waals surface area contributed by atoms with Crippen molar-refractivity contribution in [1.82, 2.24) is 4.98 Å². The number of benzene rings is 1. The van der Waals surface area contributed by atoms with Gasteiger partial charge in [0.05, 0.1) is 36.2 Å². The monoisotopic (exact) mass is 283 g/mol. The van der Waals surface area contributed by atoms with Crippen LogP contribution in [0.15, 0.2) is 36.5 Å². The van der Waals surface area contributed by atoms with Crippen molar-refractivity contribution in [2.45, 2.75) is 6.54 Å². The lowest BCUT2D eigenvalue weighted by molar-refractivity contribution is 0.0696. The quantitative estimate of drug-likeness (QED) is 0.874. The van der Waals surface area contributed by atoms with Gasteiger partial charge in [-0.25, -0.2) is 4.79 Å². The van der Waals surface area contributed by atoms with Gasteiger partial charge >= 0.3 is 5.97 Å². The van der Waals surface area contributed by atoms with Gasteiger partial charge in [-0.1, -0.05) is 0 Å². The minimum Gasteiger partial charge on any atom is -0.497 e. The van der Waals surface area contributed by atoms with Crippen molar-refractivity contribution in [2.75, 3.05) is 12.4 Å². The summed E-state index contributed by atoms with van der Waals surface area (Å²) in [4.78, 5) is 15.0. The number of rotatable bonds is 5. The van der Waals surface area contributed by atoms with E-state index in [4.69, 9.17) is 15.1 Å². The number of nitrogens with one attached hydrogen (secondary N) is 1. The van der Waals surface area contributed by atoms with Gasteiger partial charge < -0.3 is 15.2 Å². The second-order valence-electron chi connectivity index (χ2n) is 4.22. The van der Waals surface area contributed by atoms with E-state index in [1.165, 1.54) is 18.3 Å². The molecule has 0 atom stereocenters. The molecule has 0 aliphatic carbocycles. The van der Waals surface area contributed by atoms with Crippen LogP contribution in [0, 0.1) is 11.3 Å². The van der Waals surface area contributed by atoms with E-state index in [-0.39, 0.29) is 5.56 Å². The molecular weight excluding hydrogens is 270 g/mol. The van der Waals surface area contributed by atoms with Gasteiger partial charge in [0.15, 0.2) is 0 Å². The molecule has 2 N–H and O–H groups in total. The Hall–Kier alpha value is -3.07. The molecule has 0 spiro atoms. The minimum absolute atomic E-state index is 0.174. The molecule has 0 aliphatic rings. The standard InChI is InChI=1S/C15H13N3O3/c1-21-13-3-2-11(8-16)14(7-13)18-9-12-6-10(15(19)20)4-5-17-12/h2-7,18H,9H2,1H3,(H,19,20). The van der Waals surface area contributed by atoms with E-state index in [0.717, 1.165) is 0 Å². The smallest absolute Gasteiger partial charge is 0.335 e. The summed E-state index contributed by atoms with van der Waals surface area (Å²) in [7, 11) is 1.54. The third-order valence-electron chi connectivity index (χ3n) is 2.87. The predicted octanol–water partition coefficient (Wildman–Crippen LogP) is 2.27. The molecular formula is C15H13N3O3. The van der Waals surface area contributed by atoms with Crippen molar-refractivity contribution in [2.24, 2.45) is 0 Å². The van der Waals surface area contributed by atoms with Crippen molar-refractivity contribution >= 4 is 11.7 Å². The fourth-order valence-corrected chi connectivity index (χ4v) is 1.79. The number of carboxylic acid groups (broad SMARTS) is 1. The van der Waals surface area contributed by atoms with Gasteiger partial charge in [0.1, 0.15) is 11.8 Å². The van der Waals surface area contributed by atoms with Crippen molar-refractivity contribution in [1.29, 1.82) is 5.26 Å². The number of pyridine rings is 1. The van der Waals surface area contributed by atoms with Crippen LogP contribution in [0.5, 0.6) is 5.75 Å². The van der Waals surface area contributed by atoms with Crippen LogP contribution in [-0.4, -0.2) is 23.2 Å². The molecule has 1 heterocycles. The molecule has 2 aromatic rings. The third-order valence-corrected chi connectivity index (χ3v) is 2.87. The van der Waals surface area contributed by atoms with Crippen LogP contribution in [0.25, 0.3) is 0 Å². The Labute approximate surface area is 121 Å². The average molecular weight is 283 g/mol. The Kier molecular flexibility index (Phi) is 4.36. The van der Waals surface area contributed by atoms with Gasteiger partial charge in [0, 0.05) is 12.3 Å². The molecule has 1 aromatic heterocycles. The second kappa shape index (κ2) is 6.39. The van der Waals surface area contributed by atoms with E-state index in [2.05, 4.69) is 16.4 Å². The zero-order valence-corrected chi connectivity index (χ0v) is 11.3. The molecule has 21 heavy (non-hydrogen) atoms. The van der Waals surface area contributed by atoms with Gasteiger partial charge in [-0.05, 0) is 24.3 Å². The summed E-state index contributed by atoms with van der Waals surface area (Å²) in [6.07, 6.45) is 1.44. The maximum atomic E-state index is 10.9. The summed E-state index contributed by atoms with van der Waals surface area (Å²) in [6, 6.07) is 10.1. The zero-order valence-electron chi connectivity index (χ0n) is 11.3. The molecule has 0 unspecified atom stereocenters. The Morgan fingerprint density at radius 1 is 1.43 bits per heavy atom. The van der Waals surface area contributed by atoms with Crippen LogP contribution in [-0.2, 0) is 6.54 Å². The molecule has 0 bridgehead atoms. The average Bonchev–Trinajstić information content (AvgIpc) is 2.52. The largest absolute Gasteiger partial charge is 0.497 e. The van der Waals surface area contributed by atoms with Gasteiger partial charge in [0.25, 0.3) is 0 Å². The summed E-state index contributed by atoms with van der Waals surface area (Å²) < 4.78 is 5.11. The molecule has 0 radical (unpaired) electrons. The normalized spacial score (nSPS) is 9.71. The molecule has 0 amide bonds. The van der Waals surface area contributed by atoms with Gasteiger partial charge in [-0.3, -0.25) is 4.98 Å². The first kappa shape index (κ1) is 14.3. The molecule has 0 fully saturated rings. The Bertz CT molecular complexity index is 708. The number of hydrogen-bond acceptors (Lipinski definition) is 5. The van der Waals surface area contributed by atoms with E-state index < -0.39 is 5.97 Å². The number of carboxylic acids is 1. The summed E-state index contributed by atoms with van der Waals surface area (Å²) in [5.74, 6) is -0.374. The Morgan fingerprint density at radius 2 is 2.24 bits per heavy atom. The van der Waals surface area contributed by atoms with Crippen LogP contribution in [0.4, 0.5) is 5.69 Å². The van der Waals surface area contributed by atoms with Gasteiger partial charge in [-0.15, -0.1) is 0 Å². The van der Waals surface area contributed by atoms with Gasteiger partial charge in [-0.2, -0.15) is 5.26 Å². The molecule has 6 heteroatoms. The maximum Gasteiger partial charge on any atom is 0.335 e. The van der Waals surface area contributed by atoms with E-state index in [1.54, 1.807) is 25.3 Å².